The summed E-state index contributed by atoms with van der Waals surface area (Å²) in [4.78, 5) is 0.403. The van der Waals surface area contributed by atoms with Crippen LogP contribution in [0.4, 0.5) is 0 Å². The Kier molecular flexibility index (Phi) is 5.72. The molecule has 0 atom stereocenters. The summed E-state index contributed by atoms with van der Waals surface area (Å²) < 4.78 is 28.0. The van der Waals surface area contributed by atoms with Gasteiger partial charge in [0.2, 0.25) is 10.0 Å². The SMILES string of the molecule is Cl.O=S(=O)(c1cccc(-c2ccccc2)c1)N1CCC2(CCNCC2)C1. The lowest BCUT2D eigenvalue weighted by Crippen LogP contribution is -2.39. The molecule has 0 aromatic heterocycles. The van der Waals surface area contributed by atoms with Crippen LogP contribution in [0.5, 0.6) is 0 Å². The Balaban J connectivity index is 0.00000196. The van der Waals surface area contributed by atoms with Crippen LogP contribution in [0.15, 0.2) is 59.5 Å². The van der Waals surface area contributed by atoms with Crippen molar-refractivity contribution in [1.82, 2.24) is 9.62 Å². The van der Waals surface area contributed by atoms with Crippen LogP contribution in [-0.2, 0) is 10.0 Å². The quantitative estimate of drug-likeness (QED) is 0.869. The highest BCUT2D eigenvalue weighted by Crippen LogP contribution is 2.40. The molecular formula is C20H25ClN2O2S. The van der Waals surface area contributed by atoms with Crippen molar-refractivity contribution in [2.24, 2.45) is 5.41 Å². The molecule has 0 amide bonds. The predicted octanol–water partition coefficient (Wildman–Crippen LogP) is 3.54. The highest BCUT2D eigenvalue weighted by atomic mass is 35.5. The van der Waals surface area contributed by atoms with Crippen LogP contribution in [0.2, 0.25) is 0 Å². The van der Waals surface area contributed by atoms with E-state index in [-0.39, 0.29) is 17.8 Å². The Labute approximate surface area is 162 Å². The summed E-state index contributed by atoms with van der Waals surface area (Å²) in [6.45, 7) is 3.29. The van der Waals surface area contributed by atoms with Gasteiger partial charge >= 0.3 is 0 Å². The lowest BCUT2D eigenvalue weighted by molar-refractivity contribution is 0.218. The Bertz CT molecular complexity index is 849. The molecular weight excluding hydrogens is 368 g/mol. The standard InChI is InChI=1S/C20H24N2O2S.ClH/c23-25(24,22-14-11-20(16-22)9-12-21-13-10-20)19-8-4-7-18(15-19)17-5-2-1-3-6-17;/h1-8,15,21H,9-14,16H2;1H. The van der Waals surface area contributed by atoms with E-state index in [1.807, 2.05) is 42.5 Å². The number of nitrogens with zero attached hydrogens (tertiary/aromatic N) is 1. The predicted molar refractivity (Wildman–Crippen MR) is 107 cm³/mol. The fraction of sp³-hybridized carbons (Fsp3) is 0.400. The number of piperidine rings is 1. The minimum Gasteiger partial charge on any atom is -0.317 e. The molecule has 2 heterocycles. The van der Waals surface area contributed by atoms with Crippen LogP contribution in [0.1, 0.15) is 19.3 Å². The third kappa shape index (κ3) is 3.67. The maximum absolute atomic E-state index is 13.2. The van der Waals surface area contributed by atoms with Crippen LogP contribution >= 0.6 is 12.4 Å². The van der Waals surface area contributed by atoms with Gasteiger partial charge in [-0.2, -0.15) is 4.31 Å². The van der Waals surface area contributed by atoms with E-state index in [2.05, 4.69) is 5.32 Å². The Hall–Kier alpha value is -1.40. The third-order valence-electron chi connectivity index (χ3n) is 5.65. The van der Waals surface area contributed by atoms with E-state index in [0.29, 0.717) is 18.0 Å². The molecule has 2 aliphatic heterocycles. The van der Waals surface area contributed by atoms with Crippen molar-refractivity contribution >= 4 is 22.4 Å². The first-order valence-electron chi connectivity index (χ1n) is 8.96. The van der Waals surface area contributed by atoms with E-state index >= 15 is 0 Å². The molecule has 6 heteroatoms. The number of hydrogen-bond acceptors (Lipinski definition) is 3. The van der Waals surface area contributed by atoms with Crippen molar-refractivity contribution in [1.29, 1.82) is 0 Å². The normalized spacial score (nSPS) is 20.0. The topological polar surface area (TPSA) is 49.4 Å². The lowest BCUT2D eigenvalue weighted by Gasteiger charge is -2.33. The van der Waals surface area contributed by atoms with Crippen molar-refractivity contribution in [2.75, 3.05) is 26.2 Å². The van der Waals surface area contributed by atoms with E-state index in [4.69, 9.17) is 0 Å². The zero-order valence-electron chi connectivity index (χ0n) is 14.7. The molecule has 2 aromatic rings. The van der Waals surface area contributed by atoms with Gasteiger partial charge < -0.3 is 5.32 Å². The number of nitrogens with one attached hydrogen (secondary N) is 1. The number of sulfonamides is 1. The molecule has 0 radical (unpaired) electrons. The first-order valence-corrected chi connectivity index (χ1v) is 10.4. The molecule has 0 unspecified atom stereocenters. The van der Waals surface area contributed by atoms with E-state index < -0.39 is 10.0 Å². The highest BCUT2D eigenvalue weighted by molar-refractivity contribution is 7.89. The summed E-state index contributed by atoms with van der Waals surface area (Å²) in [6, 6.07) is 17.2. The van der Waals surface area contributed by atoms with Gasteiger partial charge in [0.15, 0.2) is 0 Å². The van der Waals surface area contributed by atoms with Crippen LogP contribution < -0.4 is 5.32 Å². The number of hydrogen-bond donors (Lipinski definition) is 1. The minimum absolute atomic E-state index is 0. The average Bonchev–Trinajstić information content (AvgIpc) is 3.07. The first kappa shape index (κ1) is 19.4. The molecule has 2 saturated heterocycles. The summed E-state index contributed by atoms with van der Waals surface area (Å²) in [7, 11) is -3.43. The molecule has 2 aliphatic rings. The summed E-state index contributed by atoms with van der Waals surface area (Å²) >= 11 is 0. The molecule has 2 fully saturated rings. The van der Waals surface area contributed by atoms with Crippen molar-refractivity contribution in [3.05, 3.63) is 54.6 Å². The second-order valence-corrected chi connectivity index (χ2v) is 9.17. The van der Waals surface area contributed by atoms with Crippen molar-refractivity contribution in [2.45, 2.75) is 24.2 Å². The average molecular weight is 393 g/mol. The van der Waals surface area contributed by atoms with E-state index in [9.17, 15) is 8.42 Å². The molecule has 0 bridgehead atoms. The second-order valence-electron chi connectivity index (χ2n) is 7.23. The largest absolute Gasteiger partial charge is 0.317 e. The minimum atomic E-state index is -3.43. The van der Waals surface area contributed by atoms with Gasteiger partial charge in [0, 0.05) is 13.1 Å². The van der Waals surface area contributed by atoms with E-state index in [0.717, 1.165) is 43.5 Å². The van der Waals surface area contributed by atoms with Crippen LogP contribution in [-0.4, -0.2) is 38.9 Å². The fourth-order valence-electron chi connectivity index (χ4n) is 4.08. The van der Waals surface area contributed by atoms with Crippen molar-refractivity contribution in [3.63, 3.8) is 0 Å². The van der Waals surface area contributed by atoms with Crippen molar-refractivity contribution in [3.8, 4) is 11.1 Å². The molecule has 0 aliphatic carbocycles. The monoisotopic (exact) mass is 392 g/mol. The molecule has 1 N–H and O–H groups in total. The summed E-state index contributed by atoms with van der Waals surface area (Å²) in [5, 5.41) is 3.38. The molecule has 2 aromatic carbocycles. The Morgan fingerprint density at radius 3 is 2.31 bits per heavy atom. The summed E-state index contributed by atoms with van der Waals surface area (Å²) in [6.07, 6.45) is 3.12. The van der Waals surface area contributed by atoms with E-state index in [1.165, 1.54) is 0 Å². The number of benzene rings is 2. The first-order chi connectivity index (χ1) is 12.1. The van der Waals surface area contributed by atoms with Crippen LogP contribution in [0, 0.1) is 5.41 Å². The number of rotatable bonds is 3. The van der Waals surface area contributed by atoms with Gasteiger partial charge in [-0.3, -0.25) is 0 Å². The highest BCUT2D eigenvalue weighted by Gasteiger charge is 2.43. The van der Waals surface area contributed by atoms with Crippen LogP contribution in [0.3, 0.4) is 0 Å². The fourth-order valence-corrected chi connectivity index (χ4v) is 5.68. The lowest BCUT2D eigenvalue weighted by atomic mass is 9.78. The van der Waals surface area contributed by atoms with Crippen LogP contribution in [0.25, 0.3) is 11.1 Å². The maximum Gasteiger partial charge on any atom is 0.243 e. The molecule has 26 heavy (non-hydrogen) atoms. The van der Waals surface area contributed by atoms with Gasteiger partial charge in [-0.1, -0.05) is 42.5 Å². The van der Waals surface area contributed by atoms with Gasteiger partial charge in [-0.05, 0) is 61.0 Å². The summed E-state index contributed by atoms with van der Waals surface area (Å²) in [5.74, 6) is 0. The molecule has 0 saturated carbocycles. The molecule has 4 nitrogen and oxygen atoms in total. The molecule has 140 valence electrons. The van der Waals surface area contributed by atoms with Gasteiger partial charge in [0.05, 0.1) is 4.90 Å². The van der Waals surface area contributed by atoms with Gasteiger partial charge in [-0.25, -0.2) is 8.42 Å². The maximum atomic E-state index is 13.2. The van der Waals surface area contributed by atoms with Gasteiger partial charge in [-0.15, -0.1) is 12.4 Å². The Morgan fingerprint density at radius 1 is 0.885 bits per heavy atom. The zero-order chi connectivity index (χ0) is 17.3. The third-order valence-corrected chi connectivity index (χ3v) is 7.49. The van der Waals surface area contributed by atoms with Gasteiger partial charge in [0.25, 0.3) is 0 Å². The Morgan fingerprint density at radius 2 is 1.58 bits per heavy atom. The zero-order valence-corrected chi connectivity index (χ0v) is 16.4. The second kappa shape index (κ2) is 7.69. The van der Waals surface area contributed by atoms with Gasteiger partial charge in [0.1, 0.15) is 0 Å². The molecule has 4 rings (SSSR count). The summed E-state index contributed by atoms with van der Waals surface area (Å²) in [5.41, 5.74) is 2.16. The van der Waals surface area contributed by atoms with Crippen molar-refractivity contribution < 1.29 is 8.42 Å². The number of halogens is 1. The molecule has 1 spiro atoms. The van der Waals surface area contributed by atoms with E-state index in [1.54, 1.807) is 16.4 Å². The smallest absolute Gasteiger partial charge is 0.243 e.